The van der Waals surface area contributed by atoms with Gasteiger partial charge in [-0.2, -0.15) is 0 Å². The summed E-state index contributed by atoms with van der Waals surface area (Å²) in [5, 5.41) is 3.70. The number of halogens is 6. The quantitative estimate of drug-likeness (QED) is 0.282. The predicted molar refractivity (Wildman–Crippen MR) is 127 cm³/mol. The van der Waals surface area contributed by atoms with Crippen molar-refractivity contribution in [2.75, 3.05) is 5.32 Å². The standard InChI is InChI=1S/C22H13Cl5FN3O2/c23-11-3-10(4-12(24)5-11)19-20(22(19,26)27)21(33)31-14-1-2-16(25)15(6-14)17(32)7-18-29-8-13(28)9-30-18/h1-6,8-9,19-20H,7H2,(H,31,33). The monoisotopic (exact) mass is 545 g/mol. The first-order valence-corrected chi connectivity index (χ1v) is 11.4. The molecule has 1 fully saturated rings. The normalized spacial score (nSPS) is 18.6. The molecular formula is C22H13Cl5FN3O2. The molecule has 3 aromatic rings. The van der Waals surface area contributed by atoms with Crippen LogP contribution in [-0.2, 0) is 11.2 Å². The highest BCUT2D eigenvalue weighted by Gasteiger charge is 2.67. The number of nitrogens with one attached hydrogen (secondary N) is 1. The number of benzene rings is 2. The van der Waals surface area contributed by atoms with Crippen molar-refractivity contribution in [3.63, 3.8) is 0 Å². The molecular weight excluding hydrogens is 535 g/mol. The Bertz CT molecular complexity index is 1230. The minimum Gasteiger partial charge on any atom is -0.326 e. The van der Waals surface area contributed by atoms with Crippen LogP contribution in [0.3, 0.4) is 0 Å². The van der Waals surface area contributed by atoms with E-state index in [9.17, 15) is 14.0 Å². The van der Waals surface area contributed by atoms with E-state index in [2.05, 4.69) is 15.3 Å². The van der Waals surface area contributed by atoms with Gasteiger partial charge in [-0.05, 0) is 42.0 Å². The van der Waals surface area contributed by atoms with E-state index in [4.69, 9.17) is 58.0 Å². The molecule has 5 nitrogen and oxygen atoms in total. The SMILES string of the molecule is O=C(Cc1ncc(F)cn1)c1cc(NC(=O)C2C(c3cc(Cl)cc(Cl)c3)C2(Cl)Cl)ccc1Cl. The van der Waals surface area contributed by atoms with Crippen molar-refractivity contribution in [1.29, 1.82) is 0 Å². The van der Waals surface area contributed by atoms with Crippen LogP contribution >= 0.6 is 58.0 Å². The smallest absolute Gasteiger partial charge is 0.231 e. The molecule has 33 heavy (non-hydrogen) atoms. The number of hydrogen-bond donors (Lipinski definition) is 1. The number of amides is 1. The van der Waals surface area contributed by atoms with Gasteiger partial charge in [0.1, 0.15) is 10.2 Å². The number of carbonyl (C=O) groups is 2. The molecule has 0 aliphatic heterocycles. The molecule has 2 atom stereocenters. The van der Waals surface area contributed by atoms with Crippen molar-refractivity contribution in [2.45, 2.75) is 16.7 Å². The Morgan fingerprint density at radius 1 is 1.00 bits per heavy atom. The van der Waals surface area contributed by atoms with Crippen LogP contribution in [0.2, 0.25) is 15.1 Å². The lowest BCUT2D eigenvalue weighted by molar-refractivity contribution is -0.117. The van der Waals surface area contributed by atoms with E-state index in [0.717, 1.165) is 12.4 Å². The highest BCUT2D eigenvalue weighted by atomic mass is 35.5. The number of hydrogen-bond acceptors (Lipinski definition) is 4. The van der Waals surface area contributed by atoms with Gasteiger partial charge < -0.3 is 5.32 Å². The van der Waals surface area contributed by atoms with Crippen molar-refractivity contribution in [3.05, 3.63) is 86.6 Å². The fourth-order valence-corrected chi connectivity index (χ4v) is 5.12. The van der Waals surface area contributed by atoms with Crippen LogP contribution in [0.1, 0.15) is 27.7 Å². The Morgan fingerprint density at radius 2 is 1.64 bits per heavy atom. The summed E-state index contributed by atoms with van der Waals surface area (Å²) in [5.41, 5.74) is 1.12. The Hall–Kier alpha value is -1.96. The fourth-order valence-electron chi connectivity index (χ4n) is 3.53. The molecule has 1 aliphatic carbocycles. The first-order chi connectivity index (χ1) is 15.6. The Kier molecular flexibility index (Phi) is 6.85. The summed E-state index contributed by atoms with van der Waals surface area (Å²) >= 11 is 31.1. The average molecular weight is 548 g/mol. The van der Waals surface area contributed by atoms with E-state index in [-0.39, 0.29) is 22.8 Å². The molecule has 2 aromatic carbocycles. The molecule has 1 aliphatic rings. The van der Waals surface area contributed by atoms with Gasteiger partial charge in [0, 0.05) is 27.2 Å². The van der Waals surface area contributed by atoms with Crippen molar-refractivity contribution >= 4 is 75.4 Å². The van der Waals surface area contributed by atoms with Crippen molar-refractivity contribution in [1.82, 2.24) is 9.97 Å². The minimum atomic E-state index is -1.34. The van der Waals surface area contributed by atoms with E-state index in [1.165, 1.54) is 12.1 Å². The maximum atomic E-state index is 13.0. The lowest BCUT2D eigenvalue weighted by atomic mass is 10.1. The molecule has 170 valence electrons. The molecule has 0 bridgehead atoms. The van der Waals surface area contributed by atoms with Crippen LogP contribution < -0.4 is 5.32 Å². The maximum Gasteiger partial charge on any atom is 0.231 e. The van der Waals surface area contributed by atoms with Gasteiger partial charge in [-0.1, -0.05) is 34.8 Å². The zero-order valence-electron chi connectivity index (χ0n) is 16.5. The third kappa shape index (κ3) is 5.26. The second-order valence-corrected chi connectivity index (χ2v) is 10.2. The molecule has 1 heterocycles. The second kappa shape index (κ2) is 9.35. The van der Waals surface area contributed by atoms with Gasteiger partial charge in [0.2, 0.25) is 5.91 Å². The number of carbonyl (C=O) groups excluding carboxylic acids is 2. The number of alkyl halides is 2. The molecule has 4 rings (SSSR count). The predicted octanol–water partition coefficient (Wildman–Crippen LogP) is 6.53. The van der Waals surface area contributed by atoms with Gasteiger partial charge >= 0.3 is 0 Å². The third-order valence-corrected chi connectivity index (χ3v) is 6.81. The molecule has 1 amide bonds. The van der Waals surface area contributed by atoms with Crippen LogP contribution in [0.15, 0.2) is 48.8 Å². The first-order valence-electron chi connectivity index (χ1n) is 9.50. The largest absolute Gasteiger partial charge is 0.326 e. The molecule has 2 unspecified atom stereocenters. The van der Waals surface area contributed by atoms with E-state index in [1.54, 1.807) is 24.3 Å². The molecule has 0 saturated heterocycles. The topological polar surface area (TPSA) is 72.0 Å². The molecule has 11 heteroatoms. The van der Waals surface area contributed by atoms with E-state index in [0.29, 0.717) is 21.3 Å². The number of rotatable bonds is 6. The van der Waals surface area contributed by atoms with Gasteiger partial charge in [0.15, 0.2) is 11.6 Å². The molecule has 1 saturated carbocycles. The van der Waals surface area contributed by atoms with E-state index < -0.39 is 33.7 Å². The van der Waals surface area contributed by atoms with E-state index >= 15 is 0 Å². The van der Waals surface area contributed by atoms with Crippen molar-refractivity contribution in [3.8, 4) is 0 Å². The van der Waals surface area contributed by atoms with Crippen molar-refractivity contribution < 1.29 is 14.0 Å². The summed E-state index contributed by atoms with van der Waals surface area (Å²) in [6.07, 6.45) is 1.75. The summed E-state index contributed by atoms with van der Waals surface area (Å²) in [6, 6.07) is 9.33. The summed E-state index contributed by atoms with van der Waals surface area (Å²) < 4.78 is 11.6. The molecule has 0 radical (unpaired) electrons. The van der Waals surface area contributed by atoms with Crippen LogP contribution in [0.5, 0.6) is 0 Å². The second-order valence-electron chi connectivity index (χ2n) is 7.43. The van der Waals surface area contributed by atoms with E-state index in [1.807, 2.05) is 0 Å². The first kappa shape index (κ1) is 24.2. The Balaban J connectivity index is 1.50. The number of ketones is 1. The highest BCUT2D eigenvalue weighted by molar-refractivity contribution is 6.53. The van der Waals surface area contributed by atoms with Crippen molar-refractivity contribution in [2.24, 2.45) is 5.92 Å². The van der Waals surface area contributed by atoms with Crippen LogP contribution in [-0.4, -0.2) is 26.0 Å². The fraction of sp³-hybridized carbons (Fsp3) is 0.182. The van der Waals surface area contributed by atoms with Crippen LogP contribution in [0.4, 0.5) is 10.1 Å². The summed E-state index contributed by atoms with van der Waals surface area (Å²) in [4.78, 5) is 33.1. The maximum absolute atomic E-state index is 13.0. The average Bonchev–Trinajstić information content (AvgIpc) is 3.32. The molecule has 1 aromatic heterocycles. The Labute approximate surface area is 213 Å². The van der Waals surface area contributed by atoms with Gasteiger partial charge in [-0.25, -0.2) is 14.4 Å². The van der Waals surface area contributed by atoms with Crippen LogP contribution in [0.25, 0.3) is 0 Å². The van der Waals surface area contributed by atoms with Gasteiger partial charge in [0.05, 0.1) is 29.8 Å². The van der Waals surface area contributed by atoms with Crippen LogP contribution in [0, 0.1) is 11.7 Å². The number of aromatic nitrogens is 2. The number of anilines is 1. The number of nitrogens with zero attached hydrogens (tertiary/aromatic N) is 2. The summed E-state index contributed by atoms with van der Waals surface area (Å²) in [6.45, 7) is 0. The zero-order chi connectivity index (χ0) is 23.9. The summed E-state index contributed by atoms with van der Waals surface area (Å²) in [5.74, 6) is -2.59. The molecule has 0 spiro atoms. The highest BCUT2D eigenvalue weighted by Crippen LogP contribution is 2.65. The lowest BCUT2D eigenvalue weighted by Gasteiger charge is -2.09. The molecule has 1 N–H and O–H groups in total. The van der Waals surface area contributed by atoms with Gasteiger partial charge in [-0.15, -0.1) is 23.2 Å². The Morgan fingerprint density at radius 3 is 2.27 bits per heavy atom. The summed E-state index contributed by atoms with van der Waals surface area (Å²) in [7, 11) is 0. The third-order valence-electron chi connectivity index (χ3n) is 5.11. The van der Waals surface area contributed by atoms with Gasteiger partial charge in [-0.3, -0.25) is 9.59 Å². The minimum absolute atomic E-state index is 0.141. The number of Topliss-reactive ketones (excluding diaryl/α,β-unsaturated/α-hetero) is 1. The zero-order valence-corrected chi connectivity index (χ0v) is 20.2. The van der Waals surface area contributed by atoms with Gasteiger partial charge in [0.25, 0.3) is 0 Å². The lowest BCUT2D eigenvalue weighted by Crippen LogP contribution is -2.17.